The number of carbonyl (C=O) groups excluding carboxylic acids is 2. The van der Waals surface area contributed by atoms with Crippen LogP contribution < -0.4 is 20.1 Å². The van der Waals surface area contributed by atoms with E-state index in [1.54, 1.807) is 24.3 Å². The summed E-state index contributed by atoms with van der Waals surface area (Å²) in [6.45, 7) is 0.118. The summed E-state index contributed by atoms with van der Waals surface area (Å²) in [5.41, 5.74) is 1.40. The van der Waals surface area contributed by atoms with Crippen LogP contribution in [-0.2, 0) is 11.4 Å². The van der Waals surface area contributed by atoms with E-state index in [1.807, 2.05) is 0 Å². The van der Waals surface area contributed by atoms with Crippen LogP contribution in [0.25, 0.3) is 6.08 Å². The monoisotopic (exact) mass is 495 g/mol. The number of nitro benzene ring substituents is 1. The molecule has 9 nitrogen and oxygen atoms in total. The lowest BCUT2D eigenvalue weighted by atomic mass is 10.1. The van der Waals surface area contributed by atoms with E-state index in [-0.39, 0.29) is 18.0 Å². The van der Waals surface area contributed by atoms with Gasteiger partial charge in [-0.3, -0.25) is 20.2 Å². The summed E-state index contributed by atoms with van der Waals surface area (Å²) in [6, 6.07) is 9.02. The van der Waals surface area contributed by atoms with E-state index in [2.05, 4.69) is 33.2 Å². The van der Waals surface area contributed by atoms with E-state index in [0.29, 0.717) is 26.2 Å². The van der Waals surface area contributed by atoms with Gasteiger partial charge in [-0.1, -0.05) is 12.1 Å². The van der Waals surface area contributed by atoms with Gasteiger partial charge in [0.05, 0.1) is 15.6 Å². The number of methoxy groups -OCH3 is 1. The number of nitro groups is 1. The van der Waals surface area contributed by atoms with Gasteiger partial charge in [0.15, 0.2) is 11.5 Å². The Morgan fingerprint density at radius 3 is 2.64 bits per heavy atom. The van der Waals surface area contributed by atoms with Crippen LogP contribution >= 0.6 is 22.6 Å². The third-order valence-electron chi connectivity index (χ3n) is 3.79. The lowest BCUT2D eigenvalue weighted by Crippen LogP contribution is -2.22. The number of hydrogen-bond donors (Lipinski definition) is 2. The molecule has 2 aromatic rings. The van der Waals surface area contributed by atoms with E-state index in [9.17, 15) is 19.7 Å². The van der Waals surface area contributed by atoms with Gasteiger partial charge in [0.1, 0.15) is 12.3 Å². The minimum Gasteiger partial charge on any atom is -0.493 e. The van der Waals surface area contributed by atoms with E-state index < -0.39 is 16.9 Å². The van der Waals surface area contributed by atoms with Gasteiger partial charge < -0.3 is 14.8 Å². The Labute approximate surface area is 173 Å². The molecule has 10 heteroatoms. The molecular weight excluding hydrogens is 481 g/mol. The molecule has 0 bridgehead atoms. The Hall–Kier alpha value is -3.15. The molecular formula is C18H14IN3O6. The first-order chi connectivity index (χ1) is 13.4. The molecule has 0 aromatic heterocycles. The molecule has 1 heterocycles. The number of amides is 3. The Morgan fingerprint density at radius 1 is 1.21 bits per heavy atom. The van der Waals surface area contributed by atoms with Gasteiger partial charge in [0, 0.05) is 12.1 Å². The zero-order valence-electron chi connectivity index (χ0n) is 14.5. The highest BCUT2D eigenvalue weighted by Gasteiger charge is 2.23. The third kappa shape index (κ3) is 4.39. The quantitative estimate of drug-likeness (QED) is 0.209. The molecule has 2 N–H and O–H groups in total. The molecule has 144 valence electrons. The van der Waals surface area contributed by atoms with E-state index >= 15 is 0 Å². The normalized spacial score (nSPS) is 14.6. The van der Waals surface area contributed by atoms with Crippen LogP contribution in [0.5, 0.6) is 11.5 Å². The summed E-state index contributed by atoms with van der Waals surface area (Å²) in [7, 11) is 1.48. The summed E-state index contributed by atoms with van der Waals surface area (Å²) in [4.78, 5) is 33.3. The zero-order chi connectivity index (χ0) is 20.3. The zero-order valence-corrected chi connectivity index (χ0v) is 16.7. The van der Waals surface area contributed by atoms with Crippen LogP contribution in [-0.4, -0.2) is 24.0 Å². The van der Waals surface area contributed by atoms with E-state index in [4.69, 9.17) is 9.47 Å². The Morgan fingerprint density at radius 2 is 2.00 bits per heavy atom. The molecule has 3 amide bonds. The number of halogens is 1. The average Bonchev–Trinajstić information content (AvgIpc) is 2.97. The van der Waals surface area contributed by atoms with Crippen LogP contribution in [0.2, 0.25) is 0 Å². The Balaban J connectivity index is 1.83. The largest absolute Gasteiger partial charge is 0.493 e. The van der Waals surface area contributed by atoms with E-state index in [0.717, 1.165) is 0 Å². The van der Waals surface area contributed by atoms with Crippen LogP contribution in [0.4, 0.5) is 10.5 Å². The van der Waals surface area contributed by atoms with Crippen molar-refractivity contribution in [3.63, 3.8) is 0 Å². The van der Waals surface area contributed by atoms with Crippen molar-refractivity contribution in [1.29, 1.82) is 0 Å². The van der Waals surface area contributed by atoms with Crippen LogP contribution in [0.15, 0.2) is 42.1 Å². The maximum Gasteiger partial charge on any atom is 0.326 e. The van der Waals surface area contributed by atoms with Gasteiger partial charge in [0.25, 0.3) is 11.6 Å². The van der Waals surface area contributed by atoms with Crippen molar-refractivity contribution in [2.24, 2.45) is 0 Å². The fourth-order valence-corrected chi connectivity index (χ4v) is 3.31. The highest BCUT2D eigenvalue weighted by molar-refractivity contribution is 14.1. The smallest absolute Gasteiger partial charge is 0.326 e. The minimum atomic E-state index is -0.574. The van der Waals surface area contributed by atoms with Gasteiger partial charge in [-0.15, -0.1) is 0 Å². The standard InChI is InChI=1S/C18H14IN3O6/c1-27-15-8-11(7-14-17(23)21-18(24)20-14)6-13(19)16(15)28-9-10-3-2-4-12(5-10)22(25)26/h2-8H,9H2,1H3,(H2,20,21,23,24)/b14-7+. The summed E-state index contributed by atoms with van der Waals surface area (Å²) in [6.07, 6.45) is 1.52. The molecule has 0 unspecified atom stereocenters. The summed E-state index contributed by atoms with van der Waals surface area (Å²) >= 11 is 2.06. The van der Waals surface area contributed by atoms with Gasteiger partial charge >= 0.3 is 6.03 Å². The molecule has 1 saturated heterocycles. The highest BCUT2D eigenvalue weighted by atomic mass is 127. The van der Waals surface area contributed by atoms with Crippen molar-refractivity contribution < 1.29 is 24.0 Å². The number of rotatable bonds is 6. The number of nitrogens with zero attached hydrogens (tertiary/aromatic N) is 1. The number of imide groups is 1. The van der Waals surface area contributed by atoms with Gasteiger partial charge in [0.2, 0.25) is 0 Å². The maximum atomic E-state index is 11.7. The summed E-state index contributed by atoms with van der Waals surface area (Å²) < 4.78 is 11.9. The van der Waals surface area contributed by atoms with Crippen molar-refractivity contribution in [3.05, 3.63) is 66.9 Å². The predicted molar refractivity (Wildman–Crippen MR) is 108 cm³/mol. The predicted octanol–water partition coefficient (Wildman–Crippen LogP) is 2.97. The highest BCUT2D eigenvalue weighted by Crippen LogP contribution is 2.35. The van der Waals surface area contributed by atoms with Crippen molar-refractivity contribution in [3.8, 4) is 11.5 Å². The first-order valence-corrected chi connectivity index (χ1v) is 9.03. The van der Waals surface area contributed by atoms with E-state index in [1.165, 1.54) is 25.3 Å². The van der Waals surface area contributed by atoms with Gasteiger partial charge in [-0.25, -0.2) is 4.79 Å². The minimum absolute atomic E-state index is 0.0124. The second-order valence-corrected chi connectivity index (χ2v) is 6.88. The number of benzene rings is 2. The second kappa shape index (κ2) is 8.25. The van der Waals surface area contributed by atoms with Gasteiger partial charge in [-0.2, -0.15) is 0 Å². The van der Waals surface area contributed by atoms with Crippen molar-refractivity contribution >= 4 is 46.3 Å². The molecule has 0 spiro atoms. The van der Waals surface area contributed by atoms with Gasteiger partial charge in [-0.05, 0) is 51.9 Å². The van der Waals surface area contributed by atoms with Crippen molar-refractivity contribution in [2.75, 3.05) is 7.11 Å². The maximum absolute atomic E-state index is 11.7. The summed E-state index contributed by atoms with van der Waals surface area (Å²) in [5.74, 6) is 0.385. The molecule has 1 aliphatic rings. The Kier molecular flexibility index (Phi) is 5.78. The summed E-state index contributed by atoms with van der Waals surface area (Å²) in [5, 5.41) is 15.4. The fraction of sp³-hybridized carbons (Fsp3) is 0.111. The molecule has 3 rings (SSSR count). The average molecular weight is 495 g/mol. The first kappa shape index (κ1) is 19.6. The molecule has 0 saturated carbocycles. The number of nitrogens with one attached hydrogen (secondary N) is 2. The second-order valence-electron chi connectivity index (χ2n) is 5.72. The third-order valence-corrected chi connectivity index (χ3v) is 4.59. The van der Waals surface area contributed by atoms with Crippen LogP contribution in [0, 0.1) is 13.7 Å². The number of ether oxygens (including phenoxy) is 2. The lowest BCUT2D eigenvalue weighted by Gasteiger charge is -2.14. The molecule has 2 aromatic carbocycles. The molecule has 1 fully saturated rings. The van der Waals surface area contributed by atoms with Crippen molar-refractivity contribution in [1.82, 2.24) is 10.6 Å². The first-order valence-electron chi connectivity index (χ1n) is 7.95. The van der Waals surface area contributed by atoms with Crippen molar-refractivity contribution in [2.45, 2.75) is 6.61 Å². The number of urea groups is 1. The van der Waals surface area contributed by atoms with Crippen LogP contribution in [0.1, 0.15) is 11.1 Å². The molecule has 0 atom stereocenters. The molecule has 0 radical (unpaired) electrons. The molecule has 1 aliphatic heterocycles. The molecule has 28 heavy (non-hydrogen) atoms. The number of non-ortho nitro benzene ring substituents is 1. The fourth-order valence-electron chi connectivity index (χ4n) is 2.53. The molecule has 0 aliphatic carbocycles. The SMILES string of the molecule is COc1cc(/C=C2/NC(=O)NC2=O)cc(I)c1OCc1cccc([N+](=O)[O-])c1. The Bertz CT molecular complexity index is 1000. The number of carbonyl (C=O) groups is 2. The lowest BCUT2D eigenvalue weighted by molar-refractivity contribution is -0.384. The van der Waals surface area contributed by atoms with Crippen LogP contribution in [0.3, 0.4) is 0 Å². The number of hydrogen-bond acceptors (Lipinski definition) is 6. The topological polar surface area (TPSA) is 120 Å².